The molecule has 2 aromatic carbocycles. The zero-order chi connectivity index (χ0) is 20.4. The number of urea groups is 1. The lowest BCUT2D eigenvalue weighted by Gasteiger charge is -2.25. The van der Waals surface area contributed by atoms with Crippen molar-refractivity contribution in [3.8, 4) is 0 Å². The SMILES string of the molecule is Cl.O=C(O)CCc1ccc(C2CNC(=O)N2c2ccc3c(c2)CCNCC3)c(F)c1. The van der Waals surface area contributed by atoms with Gasteiger partial charge in [-0.25, -0.2) is 9.18 Å². The van der Waals surface area contributed by atoms with E-state index in [2.05, 4.69) is 16.7 Å². The average Bonchev–Trinajstić information content (AvgIpc) is 2.93. The molecule has 1 atom stereocenters. The van der Waals surface area contributed by atoms with Crippen molar-refractivity contribution < 1.29 is 19.1 Å². The number of anilines is 1. The van der Waals surface area contributed by atoms with E-state index in [1.807, 2.05) is 12.1 Å². The number of carbonyl (C=O) groups excluding carboxylic acids is 1. The van der Waals surface area contributed by atoms with Crippen LogP contribution in [0.1, 0.15) is 34.7 Å². The predicted octanol–water partition coefficient (Wildman–Crippen LogP) is 3.22. The van der Waals surface area contributed by atoms with Crippen molar-refractivity contribution in [3.05, 3.63) is 64.5 Å². The molecule has 2 amide bonds. The van der Waals surface area contributed by atoms with E-state index in [1.54, 1.807) is 17.0 Å². The van der Waals surface area contributed by atoms with Crippen LogP contribution in [-0.4, -0.2) is 36.7 Å². The van der Waals surface area contributed by atoms with E-state index >= 15 is 0 Å². The minimum Gasteiger partial charge on any atom is -0.481 e. The first-order valence-electron chi connectivity index (χ1n) is 9.92. The smallest absolute Gasteiger partial charge is 0.322 e. The molecule has 1 unspecified atom stereocenters. The number of halogens is 2. The molecule has 0 aromatic heterocycles. The maximum Gasteiger partial charge on any atom is 0.322 e. The summed E-state index contributed by atoms with van der Waals surface area (Å²) in [6, 6.07) is 10.1. The van der Waals surface area contributed by atoms with Crippen molar-refractivity contribution in [2.24, 2.45) is 0 Å². The molecule has 0 radical (unpaired) electrons. The first-order valence-corrected chi connectivity index (χ1v) is 9.92. The number of nitrogens with one attached hydrogen (secondary N) is 2. The van der Waals surface area contributed by atoms with Crippen LogP contribution in [0.15, 0.2) is 36.4 Å². The van der Waals surface area contributed by atoms with Crippen LogP contribution >= 0.6 is 12.4 Å². The molecule has 8 heteroatoms. The number of fused-ring (bicyclic) bond motifs is 1. The number of aliphatic carboxylic acids is 1. The van der Waals surface area contributed by atoms with Gasteiger partial charge in [-0.05, 0) is 67.2 Å². The van der Waals surface area contributed by atoms with Crippen molar-refractivity contribution >= 4 is 30.1 Å². The van der Waals surface area contributed by atoms with Crippen LogP contribution in [-0.2, 0) is 24.1 Å². The Morgan fingerprint density at radius 2 is 1.90 bits per heavy atom. The third-order valence-electron chi connectivity index (χ3n) is 5.64. The Morgan fingerprint density at radius 3 is 2.63 bits per heavy atom. The van der Waals surface area contributed by atoms with Crippen molar-refractivity contribution in [2.75, 3.05) is 24.5 Å². The number of hydrogen-bond donors (Lipinski definition) is 3. The molecule has 1 fully saturated rings. The first kappa shape index (κ1) is 22.1. The van der Waals surface area contributed by atoms with E-state index in [4.69, 9.17) is 5.11 Å². The zero-order valence-electron chi connectivity index (χ0n) is 16.5. The normalized spacial score (nSPS) is 18.2. The molecule has 2 aliphatic rings. The monoisotopic (exact) mass is 433 g/mol. The third-order valence-corrected chi connectivity index (χ3v) is 5.64. The Labute approximate surface area is 180 Å². The minimum absolute atomic E-state index is 0. The van der Waals surface area contributed by atoms with Gasteiger partial charge >= 0.3 is 12.0 Å². The second-order valence-corrected chi connectivity index (χ2v) is 7.52. The number of hydrogen-bond acceptors (Lipinski definition) is 3. The highest BCUT2D eigenvalue weighted by atomic mass is 35.5. The highest BCUT2D eigenvalue weighted by Gasteiger charge is 2.35. The Balaban J connectivity index is 0.00000256. The fourth-order valence-electron chi connectivity index (χ4n) is 4.11. The highest BCUT2D eigenvalue weighted by Crippen LogP contribution is 2.33. The summed E-state index contributed by atoms with van der Waals surface area (Å²) < 4.78 is 14.8. The summed E-state index contributed by atoms with van der Waals surface area (Å²) >= 11 is 0. The molecule has 4 rings (SSSR count). The summed E-state index contributed by atoms with van der Waals surface area (Å²) in [5.74, 6) is -1.33. The number of nitrogens with zero attached hydrogens (tertiary/aromatic N) is 1. The van der Waals surface area contributed by atoms with E-state index < -0.39 is 17.8 Å². The van der Waals surface area contributed by atoms with E-state index in [-0.39, 0.29) is 31.3 Å². The maximum absolute atomic E-state index is 14.8. The molecule has 3 N–H and O–H groups in total. The van der Waals surface area contributed by atoms with Gasteiger partial charge in [-0.15, -0.1) is 12.4 Å². The third kappa shape index (κ3) is 4.57. The van der Waals surface area contributed by atoms with Gasteiger partial charge in [0, 0.05) is 24.2 Å². The fourth-order valence-corrected chi connectivity index (χ4v) is 4.11. The van der Waals surface area contributed by atoms with Crippen LogP contribution in [0.5, 0.6) is 0 Å². The largest absolute Gasteiger partial charge is 0.481 e. The molecule has 0 saturated carbocycles. The predicted molar refractivity (Wildman–Crippen MR) is 115 cm³/mol. The van der Waals surface area contributed by atoms with Gasteiger partial charge in [0.2, 0.25) is 0 Å². The second-order valence-electron chi connectivity index (χ2n) is 7.52. The summed E-state index contributed by atoms with van der Waals surface area (Å²) in [7, 11) is 0. The van der Waals surface area contributed by atoms with E-state index in [1.165, 1.54) is 17.2 Å². The molecular formula is C22H25ClFN3O3. The van der Waals surface area contributed by atoms with Gasteiger partial charge in [-0.2, -0.15) is 0 Å². The summed E-state index contributed by atoms with van der Waals surface area (Å²) in [6.45, 7) is 2.17. The van der Waals surface area contributed by atoms with Gasteiger partial charge in [0.15, 0.2) is 0 Å². The van der Waals surface area contributed by atoms with Gasteiger partial charge in [0.25, 0.3) is 0 Å². The van der Waals surface area contributed by atoms with Crippen molar-refractivity contribution in [3.63, 3.8) is 0 Å². The molecule has 30 heavy (non-hydrogen) atoms. The van der Waals surface area contributed by atoms with Crippen LogP contribution in [0.3, 0.4) is 0 Å². The Hall–Kier alpha value is -2.64. The van der Waals surface area contributed by atoms with Crippen molar-refractivity contribution in [1.82, 2.24) is 10.6 Å². The van der Waals surface area contributed by atoms with Gasteiger partial charge in [0.05, 0.1) is 6.04 Å². The molecule has 2 heterocycles. The van der Waals surface area contributed by atoms with Crippen LogP contribution in [0.2, 0.25) is 0 Å². The lowest BCUT2D eigenvalue weighted by molar-refractivity contribution is -0.136. The molecular weight excluding hydrogens is 409 g/mol. The van der Waals surface area contributed by atoms with Gasteiger partial charge in [-0.1, -0.05) is 18.2 Å². The number of amides is 2. The molecule has 6 nitrogen and oxygen atoms in total. The summed E-state index contributed by atoms with van der Waals surface area (Å²) in [5.41, 5.74) is 4.33. The van der Waals surface area contributed by atoms with E-state index in [9.17, 15) is 14.0 Å². The lowest BCUT2D eigenvalue weighted by atomic mass is 9.99. The second kappa shape index (κ2) is 9.45. The fraction of sp³-hybridized carbons (Fsp3) is 0.364. The molecule has 2 aromatic rings. The number of carbonyl (C=O) groups is 2. The molecule has 160 valence electrons. The highest BCUT2D eigenvalue weighted by molar-refractivity contribution is 5.95. The maximum atomic E-state index is 14.8. The van der Waals surface area contributed by atoms with Gasteiger partial charge < -0.3 is 15.7 Å². The number of carboxylic acid groups (broad SMARTS) is 1. The van der Waals surface area contributed by atoms with E-state index in [0.29, 0.717) is 17.7 Å². The number of benzene rings is 2. The lowest BCUT2D eigenvalue weighted by Crippen LogP contribution is -2.30. The number of carboxylic acids is 1. The summed E-state index contributed by atoms with van der Waals surface area (Å²) in [4.78, 5) is 24.9. The van der Waals surface area contributed by atoms with Crippen LogP contribution < -0.4 is 15.5 Å². The first-order chi connectivity index (χ1) is 14.0. The Kier molecular flexibility index (Phi) is 6.95. The minimum atomic E-state index is -0.912. The number of aryl methyl sites for hydroxylation is 1. The van der Waals surface area contributed by atoms with Crippen LogP contribution in [0, 0.1) is 5.82 Å². The zero-order valence-corrected chi connectivity index (χ0v) is 17.3. The van der Waals surface area contributed by atoms with Gasteiger partial charge in [-0.3, -0.25) is 9.69 Å². The molecule has 0 bridgehead atoms. The molecule has 0 aliphatic carbocycles. The van der Waals surface area contributed by atoms with Crippen molar-refractivity contribution in [2.45, 2.75) is 31.7 Å². The quantitative estimate of drug-likeness (QED) is 0.676. The van der Waals surface area contributed by atoms with Crippen molar-refractivity contribution in [1.29, 1.82) is 0 Å². The molecule has 1 saturated heterocycles. The van der Waals surface area contributed by atoms with Crippen LogP contribution in [0.4, 0.5) is 14.9 Å². The van der Waals surface area contributed by atoms with Crippen LogP contribution in [0.25, 0.3) is 0 Å². The van der Waals surface area contributed by atoms with E-state index in [0.717, 1.165) is 31.6 Å². The summed E-state index contributed by atoms with van der Waals surface area (Å²) in [6.07, 6.45) is 2.09. The Bertz CT molecular complexity index is 953. The summed E-state index contributed by atoms with van der Waals surface area (Å²) in [5, 5.41) is 15.0. The number of rotatable bonds is 5. The average molecular weight is 434 g/mol. The molecule has 0 spiro atoms. The van der Waals surface area contributed by atoms with Gasteiger partial charge in [0.1, 0.15) is 5.82 Å². The Morgan fingerprint density at radius 1 is 1.13 bits per heavy atom. The topological polar surface area (TPSA) is 81.7 Å². The molecule has 2 aliphatic heterocycles. The standard InChI is InChI=1S/C22H24FN3O3.ClH/c23-19-11-14(2-6-21(27)28)1-5-18(19)20-13-25-22(29)26(20)17-4-3-15-7-9-24-10-8-16(15)12-17;/h1,3-5,11-12,20,24H,2,6-10,13H2,(H,25,29)(H,27,28);1H.